The summed E-state index contributed by atoms with van der Waals surface area (Å²) in [5, 5.41) is 0. The average Bonchev–Trinajstić information content (AvgIpc) is 3.15. The third-order valence-corrected chi connectivity index (χ3v) is 5.64. The Balaban J connectivity index is 2.37. The highest BCUT2D eigenvalue weighted by atomic mass is 79.9. The van der Waals surface area contributed by atoms with Crippen LogP contribution in [-0.4, -0.2) is 25.8 Å². The van der Waals surface area contributed by atoms with Crippen LogP contribution in [0.3, 0.4) is 0 Å². The van der Waals surface area contributed by atoms with E-state index in [9.17, 15) is 8.42 Å². The van der Waals surface area contributed by atoms with Crippen molar-refractivity contribution in [3.8, 4) is 12.3 Å². The molecule has 5 heteroatoms. The second-order valence-electron chi connectivity index (χ2n) is 4.85. The molecule has 0 saturated heterocycles. The third kappa shape index (κ3) is 3.38. The highest BCUT2D eigenvalue weighted by Gasteiger charge is 2.32. The average molecular weight is 342 g/mol. The highest BCUT2D eigenvalue weighted by molar-refractivity contribution is 9.10. The van der Waals surface area contributed by atoms with Gasteiger partial charge in [-0.25, -0.2) is 8.42 Å². The predicted molar refractivity (Wildman–Crippen MR) is 79.2 cm³/mol. The number of aryl methyl sites for hydroxylation is 1. The van der Waals surface area contributed by atoms with Crippen LogP contribution in [0.15, 0.2) is 27.6 Å². The van der Waals surface area contributed by atoms with E-state index in [0.717, 1.165) is 22.9 Å². The van der Waals surface area contributed by atoms with Crippen molar-refractivity contribution < 1.29 is 8.42 Å². The minimum absolute atomic E-state index is 0.130. The maximum Gasteiger partial charge on any atom is 0.244 e. The number of sulfonamides is 1. The van der Waals surface area contributed by atoms with Gasteiger partial charge in [0.25, 0.3) is 0 Å². The zero-order valence-electron chi connectivity index (χ0n) is 10.8. The van der Waals surface area contributed by atoms with Gasteiger partial charge >= 0.3 is 0 Å². The summed E-state index contributed by atoms with van der Waals surface area (Å²) in [4.78, 5) is 0.331. The van der Waals surface area contributed by atoms with Crippen molar-refractivity contribution in [2.24, 2.45) is 5.92 Å². The number of hydrogen-bond acceptors (Lipinski definition) is 2. The Morgan fingerprint density at radius 3 is 2.74 bits per heavy atom. The lowest BCUT2D eigenvalue weighted by Crippen LogP contribution is -2.33. The second kappa shape index (κ2) is 5.66. The molecule has 0 amide bonds. The first-order valence-electron chi connectivity index (χ1n) is 6.15. The van der Waals surface area contributed by atoms with Crippen molar-refractivity contribution in [2.75, 3.05) is 13.1 Å². The van der Waals surface area contributed by atoms with Crippen LogP contribution in [0.4, 0.5) is 0 Å². The summed E-state index contributed by atoms with van der Waals surface area (Å²) in [6.45, 7) is 2.45. The zero-order valence-corrected chi connectivity index (χ0v) is 13.2. The molecule has 102 valence electrons. The molecule has 0 spiro atoms. The minimum atomic E-state index is -3.51. The smallest absolute Gasteiger partial charge is 0.207 e. The number of nitrogens with zero attached hydrogens (tertiary/aromatic N) is 1. The van der Waals surface area contributed by atoms with Crippen LogP contribution in [0.5, 0.6) is 0 Å². The lowest BCUT2D eigenvalue weighted by molar-refractivity contribution is 0.430. The van der Waals surface area contributed by atoms with Crippen molar-refractivity contribution in [3.05, 3.63) is 28.2 Å². The molecule has 2 rings (SSSR count). The highest BCUT2D eigenvalue weighted by Crippen LogP contribution is 2.32. The first-order valence-corrected chi connectivity index (χ1v) is 8.38. The Kier molecular flexibility index (Phi) is 4.34. The Bertz CT molecular complexity index is 615. The van der Waals surface area contributed by atoms with Crippen LogP contribution in [0.25, 0.3) is 0 Å². The predicted octanol–water partition coefficient (Wildman–Crippen LogP) is 2.79. The molecule has 1 fully saturated rings. The summed E-state index contributed by atoms with van der Waals surface area (Å²) < 4.78 is 27.5. The molecule has 0 aliphatic heterocycles. The number of rotatable bonds is 5. The fraction of sp³-hybridized carbons (Fsp3) is 0.429. The molecule has 1 aromatic rings. The topological polar surface area (TPSA) is 37.4 Å². The van der Waals surface area contributed by atoms with Gasteiger partial charge in [0.2, 0.25) is 10.0 Å². The van der Waals surface area contributed by atoms with E-state index in [4.69, 9.17) is 6.42 Å². The number of terminal acetylenes is 1. The molecule has 0 atom stereocenters. The monoisotopic (exact) mass is 341 g/mol. The molecule has 1 aromatic carbocycles. The molecule has 0 bridgehead atoms. The first-order chi connectivity index (χ1) is 8.95. The zero-order chi connectivity index (χ0) is 14.0. The molecular formula is C14H16BrNO2S. The van der Waals surface area contributed by atoms with Crippen LogP contribution >= 0.6 is 15.9 Å². The van der Waals surface area contributed by atoms with E-state index in [0.29, 0.717) is 17.4 Å². The van der Waals surface area contributed by atoms with Crippen molar-refractivity contribution >= 4 is 26.0 Å². The van der Waals surface area contributed by atoms with E-state index >= 15 is 0 Å². The largest absolute Gasteiger partial charge is 0.244 e. The fourth-order valence-corrected chi connectivity index (χ4v) is 4.12. The first kappa shape index (κ1) is 14.6. The summed E-state index contributed by atoms with van der Waals surface area (Å²) in [5.74, 6) is 2.91. The maximum absolute atomic E-state index is 12.7. The van der Waals surface area contributed by atoms with Crippen LogP contribution < -0.4 is 0 Å². The molecule has 1 aliphatic rings. The quantitative estimate of drug-likeness (QED) is 0.772. The molecule has 0 unspecified atom stereocenters. The summed E-state index contributed by atoms with van der Waals surface area (Å²) in [6.07, 6.45) is 7.49. The van der Waals surface area contributed by atoms with Crippen LogP contribution in [0, 0.1) is 25.2 Å². The van der Waals surface area contributed by atoms with Crippen molar-refractivity contribution in [2.45, 2.75) is 24.7 Å². The van der Waals surface area contributed by atoms with Crippen LogP contribution in [0.2, 0.25) is 0 Å². The number of hydrogen-bond donors (Lipinski definition) is 0. The molecule has 1 saturated carbocycles. The minimum Gasteiger partial charge on any atom is -0.207 e. The van der Waals surface area contributed by atoms with Gasteiger partial charge in [-0.1, -0.05) is 27.9 Å². The molecule has 0 N–H and O–H groups in total. The SMILES string of the molecule is C#CCN(CC1CC1)S(=O)(=O)c1cc(Br)ccc1C. The van der Waals surface area contributed by atoms with Gasteiger partial charge in [-0.15, -0.1) is 6.42 Å². The van der Waals surface area contributed by atoms with E-state index in [1.165, 1.54) is 4.31 Å². The molecular weight excluding hydrogens is 326 g/mol. The molecule has 1 aliphatic carbocycles. The molecule has 19 heavy (non-hydrogen) atoms. The van der Waals surface area contributed by atoms with E-state index in [-0.39, 0.29) is 6.54 Å². The summed E-state index contributed by atoms with van der Waals surface area (Å²) in [7, 11) is -3.51. The van der Waals surface area contributed by atoms with Crippen LogP contribution in [0.1, 0.15) is 18.4 Å². The van der Waals surface area contributed by atoms with Gasteiger partial charge < -0.3 is 0 Å². The summed E-state index contributed by atoms with van der Waals surface area (Å²) >= 11 is 3.32. The van der Waals surface area contributed by atoms with Gasteiger partial charge in [-0.3, -0.25) is 0 Å². The van der Waals surface area contributed by atoms with Gasteiger partial charge in [-0.2, -0.15) is 4.31 Å². The Labute approximate surface area is 123 Å². The molecule has 3 nitrogen and oxygen atoms in total. The lowest BCUT2D eigenvalue weighted by Gasteiger charge is -2.21. The van der Waals surface area contributed by atoms with Gasteiger partial charge in [0.1, 0.15) is 0 Å². The summed E-state index contributed by atoms with van der Waals surface area (Å²) in [5.41, 5.74) is 0.737. The lowest BCUT2D eigenvalue weighted by atomic mass is 10.2. The standard InChI is InChI=1S/C14H16BrNO2S/c1-3-8-16(10-12-5-6-12)19(17,18)14-9-13(15)7-4-11(14)2/h1,4,7,9,12H,5-6,8,10H2,2H3. The second-order valence-corrected chi connectivity index (χ2v) is 7.68. The van der Waals surface area contributed by atoms with E-state index in [1.54, 1.807) is 19.1 Å². The Morgan fingerprint density at radius 2 is 2.16 bits per heavy atom. The van der Waals surface area contributed by atoms with Crippen molar-refractivity contribution in [3.63, 3.8) is 0 Å². The summed E-state index contributed by atoms with van der Waals surface area (Å²) in [6, 6.07) is 5.27. The van der Waals surface area contributed by atoms with Crippen LogP contribution in [-0.2, 0) is 10.0 Å². The molecule has 0 heterocycles. The third-order valence-electron chi connectivity index (χ3n) is 3.19. The van der Waals surface area contributed by atoms with Gasteiger partial charge in [-0.05, 0) is 43.4 Å². The molecule has 0 radical (unpaired) electrons. The van der Waals surface area contributed by atoms with E-state index in [2.05, 4.69) is 21.9 Å². The van der Waals surface area contributed by atoms with Crippen molar-refractivity contribution in [1.82, 2.24) is 4.31 Å². The Hall–Kier alpha value is -0.830. The van der Waals surface area contributed by atoms with Gasteiger partial charge in [0.05, 0.1) is 11.4 Å². The number of halogens is 1. The van der Waals surface area contributed by atoms with Gasteiger partial charge in [0.15, 0.2) is 0 Å². The normalized spacial score (nSPS) is 15.5. The van der Waals surface area contributed by atoms with Crippen molar-refractivity contribution in [1.29, 1.82) is 0 Å². The van der Waals surface area contributed by atoms with E-state index in [1.807, 2.05) is 6.07 Å². The van der Waals surface area contributed by atoms with E-state index < -0.39 is 10.0 Å². The van der Waals surface area contributed by atoms with Gasteiger partial charge in [0, 0.05) is 11.0 Å². The fourth-order valence-electron chi connectivity index (χ4n) is 1.93. The molecule has 0 aromatic heterocycles. The number of benzene rings is 1. The Morgan fingerprint density at radius 1 is 1.47 bits per heavy atom. The maximum atomic E-state index is 12.7.